The normalized spacial score (nSPS) is 19.4. The van der Waals surface area contributed by atoms with Crippen molar-refractivity contribution in [2.45, 2.75) is 38.8 Å². The van der Waals surface area contributed by atoms with E-state index in [1.165, 1.54) is 7.11 Å². The number of rotatable bonds is 8. The highest BCUT2D eigenvalue weighted by molar-refractivity contribution is 5.85. The average Bonchev–Trinajstić information content (AvgIpc) is 2.52. The van der Waals surface area contributed by atoms with E-state index in [0.29, 0.717) is 26.2 Å². The molecule has 140 valence electrons. The molecule has 0 bridgehead atoms. The summed E-state index contributed by atoms with van der Waals surface area (Å²) in [6.45, 7) is 9.03. The van der Waals surface area contributed by atoms with Gasteiger partial charge in [-0.25, -0.2) is 4.79 Å². The zero-order valence-corrected chi connectivity index (χ0v) is 15.1. The minimum absolute atomic E-state index is 0.112. The van der Waals surface area contributed by atoms with Crippen molar-refractivity contribution in [3.63, 3.8) is 0 Å². The maximum Gasteiger partial charge on any atom is 0.407 e. The summed E-state index contributed by atoms with van der Waals surface area (Å²) >= 11 is 0. The van der Waals surface area contributed by atoms with E-state index in [-0.39, 0.29) is 18.4 Å². The number of hydrogen-bond acceptors (Lipinski definition) is 6. The molecule has 0 aliphatic carbocycles. The Labute approximate surface area is 143 Å². The van der Waals surface area contributed by atoms with E-state index >= 15 is 0 Å². The molecule has 24 heavy (non-hydrogen) atoms. The zero-order chi connectivity index (χ0) is 18.2. The Hall–Kier alpha value is -1.38. The van der Waals surface area contributed by atoms with Crippen LogP contribution in [0, 0.1) is 5.92 Å². The van der Waals surface area contributed by atoms with Crippen LogP contribution in [0.2, 0.25) is 0 Å². The van der Waals surface area contributed by atoms with Crippen LogP contribution in [-0.4, -0.2) is 80.2 Å². The van der Waals surface area contributed by atoms with Crippen LogP contribution >= 0.6 is 0 Å². The van der Waals surface area contributed by atoms with Gasteiger partial charge in [-0.3, -0.25) is 9.69 Å². The Kier molecular flexibility index (Phi) is 8.44. The first-order valence-corrected chi connectivity index (χ1v) is 8.38. The molecule has 2 atom stereocenters. The fraction of sp³-hybridized carbons (Fsp3) is 0.875. The van der Waals surface area contributed by atoms with Gasteiger partial charge in [-0.05, 0) is 19.3 Å². The van der Waals surface area contributed by atoms with Gasteiger partial charge in [-0.2, -0.15) is 0 Å². The van der Waals surface area contributed by atoms with Crippen LogP contribution in [0.5, 0.6) is 0 Å². The largest absolute Gasteiger partial charge is 0.453 e. The molecule has 0 radical (unpaired) electrons. The Bertz CT molecular complexity index is 409. The van der Waals surface area contributed by atoms with Crippen LogP contribution in [0.1, 0.15) is 27.2 Å². The Morgan fingerprint density at radius 1 is 1.33 bits per heavy atom. The van der Waals surface area contributed by atoms with E-state index < -0.39 is 17.7 Å². The standard InChI is InChI=1S/C16H31N3O5/c1-12(2)9-13(18-15(21)23-4)14(20)17-10-16(3,22)11-19-5-7-24-8-6-19/h12-13,22H,5-11H2,1-4H3,(H,17,20)(H,18,21)/t13-,16-/m0/s1. The predicted octanol–water partition coefficient (Wildman–Crippen LogP) is -0.0435. The molecule has 8 nitrogen and oxygen atoms in total. The molecule has 0 aromatic rings. The van der Waals surface area contributed by atoms with Crippen molar-refractivity contribution in [1.82, 2.24) is 15.5 Å². The number of carbonyl (C=O) groups is 2. The van der Waals surface area contributed by atoms with E-state index in [1.807, 2.05) is 13.8 Å². The highest BCUT2D eigenvalue weighted by Crippen LogP contribution is 2.09. The van der Waals surface area contributed by atoms with Gasteiger partial charge in [0, 0.05) is 26.2 Å². The van der Waals surface area contributed by atoms with Crippen molar-refractivity contribution >= 4 is 12.0 Å². The lowest BCUT2D eigenvalue weighted by Crippen LogP contribution is -2.54. The zero-order valence-electron chi connectivity index (χ0n) is 15.1. The summed E-state index contributed by atoms with van der Waals surface area (Å²) in [6.07, 6.45) is -0.150. The highest BCUT2D eigenvalue weighted by atomic mass is 16.5. The molecule has 1 aliphatic rings. The van der Waals surface area contributed by atoms with Crippen molar-refractivity contribution in [2.75, 3.05) is 46.5 Å². The maximum absolute atomic E-state index is 12.3. The number of hydrogen-bond donors (Lipinski definition) is 3. The van der Waals surface area contributed by atoms with E-state index in [1.54, 1.807) is 6.92 Å². The first-order chi connectivity index (χ1) is 11.2. The smallest absolute Gasteiger partial charge is 0.407 e. The fourth-order valence-corrected chi connectivity index (χ4v) is 2.60. The Balaban J connectivity index is 2.50. The van der Waals surface area contributed by atoms with Crippen molar-refractivity contribution in [2.24, 2.45) is 5.92 Å². The van der Waals surface area contributed by atoms with Crippen LogP contribution in [0.4, 0.5) is 4.79 Å². The molecule has 1 rings (SSSR count). The minimum Gasteiger partial charge on any atom is -0.453 e. The number of nitrogens with one attached hydrogen (secondary N) is 2. The number of amides is 2. The summed E-state index contributed by atoms with van der Waals surface area (Å²) in [7, 11) is 1.26. The van der Waals surface area contributed by atoms with E-state index in [9.17, 15) is 14.7 Å². The van der Waals surface area contributed by atoms with Crippen molar-refractivity contribution in [3.8, 4) is 0 Å². The summed E-state index contributed by atoms with van der Waals surface area (Å²) in [6, 6.07) is -0.684. The van der Waals surface area contributed by atoms with E-state index in [2.05, 4.69) is 20.3 Å². The van der Waals surface area contributed by atoms with Gasteiger partial charge in [0.25, 0.3) is 0 Å². The number of alkyl carbamates (subject to hydrolysis) is 1. The van der Waals surface area contributed by atoms with Crippen LogP contribution in [0.25, 0.3) is 0 Å². The summed E-state index contributed by atoms with van der Waals surface area (Å²) < 4.78 is 9.84. The molecule has 2 amide bonds. The average molecular weight is 345 g/mol. The van der Waals surface area contributed by atoms with Gasteiger partial charge in [0.1, 0.15) is 6.04 Å². The summed E-state index contributed by atoms with van der Waals surface area (Å²) in [5, 5.41) is 15.8. The number of aliphatic hydroxyl groups is 1. The van der Waals surface area contributed by atoms with Crippen LogP contribution in [0.3, 0.4) is 0 Å². The van der Waals surface area contributed by atoms with Gasteiger partial charge in [-0.1, -0.05) is 13.8 Å². The minimum atomic E-state index is -1.05. The first kappa shape index (κ1) is 20.7. The van der Waals surface area contributed by atoms with Crippen molar-refractivity contribution in [1.29, 1.82) is 0 Å². The molecule has 0 spiro atoms. The molecular formula is C16H31N3O5. The molecule has 8 heteroatoms. The summed E-state index contributed by atoms with van der Waals surface area (Å²) in [5.41, 5.74) is -1.05. The van der Waals surface area contributed by atoms with Crippen molar-refractivity contribution in [3.05, 3.63) is 0 Å². The molecule has 1 saturated heterocycles. The maximum atomic E-state index is 12.3. The molecule has 0 unspecified atom stereocenters. The van der Waals surface area contributed by atoms with E-state index in [0.717, 1.165) is 13.1 Å². The van der Waals surface area contributed by atoms with Crippen LogP contribution < -0.4 is 10.6 Å². The number of nitrogens with zero attached hydrogens (tertiary/aromatic N) is 1. The lowest BCUT2D eigenvalue weighted by Gasteiger charge is -2.34. The Morgan fingerprint density at radius 3 is 2.50 bits per heavy atom. The molecule has 1 aliphatic heterocycles. The fourth-order valence-electron chi connectivity index (χ4n) is 2.60. The van der Waals surface area contributed by atoms with Gasteiger partial charge in [-0.15, -0.1) is 0 Å². The van der Waals surface area contributed by atoms with Crippen molar-refractivity contribution < 1.29 is 24.2 Å². The van der Waals surface area contributed by atoms with Gasteiger partial charge in [0.05, 0.1) is 25.9 Å². The molecule has 1 fully saturated rings. The lowest BCUT2D eigenvalue weighted by atomic mass is 10.0. The number of ether oxygens (including phenoxy) is 2. The number of methoxy groups -OCH3 is 1. The van der Waals surface area contributed by atoms with Crippen LogP contribution in [-0.2, 0) is 14.3 Å². The highest BCUT2D eigenvalue weighted by Gasteiger charge is 2.28. The second-order valence-electron chi connectivity index (χ2n) is 6.92. The predicted molar refractivity (Wildman–Crippen MR) is 89.7 cm³/mol. The Morgan fingerprint density at radius 2 is 1.96 bits per heavy atom. The molecule has 1 heterocycles. The van der Waals surface area contributed by atoms with Gasteiger partial charge < -0.3 is 25.2 Å². The molecule has 3 N–H and O–H groups in total. The topological polar surface area (TPSA) is 100 Å². The number of morpholine rings is 1. The lowest BCUT2D eigenvalue weighted by molar-refractivity contribution is -0.124. The van der Waals surface area contributed by atoms with Gasteiger partial charge in [0.15, 0.2) is 0 Å². The summed E-state index contributed by atoms with van der Waals surface area (Å²) in [4.78, 5) is 25.8. The SMILES string of the molecule is COC(=O)N[C@@H](CC(C)C)C(=O)NC[C@](C)(O)CN1CCOCC1. The second-order valence-corrected chi connectivity index (χ2v) is 6.92. The third kappa shape index (κ3) is 7.94. The summed E-state index contributed by atoms with van der Waals surface area (Å²) in [5.74, 6) is -0.0943. The third-order valence-corrected chi connectivity index (χ3v) is 3.81. The third-order valence-electron chi connectivity index (χ3n) is 3.81. The second kappa shape index (κ2) is 9.80. The van der Waals surface area contributed by atoms with Gasteiger partial charge in [0.2, 0.25) is 5.91 Å². The molecule has 0 aromatic carbocycles. The van der Waals surface area contributed by atoms with Gasteiger partial charge >= 0.3 is 6.09 Å². The number of carbonyl (C=O) groups excluding carboxylic acids is 2. The molecule has 0 saturated carbocycles. The molecule has 0 aromatic heterocycles. The van der Waals surface area contributed by atoms with E-state index in [4.69, 9.17) is 4.74 Å². The molecular weight excluding hydrogens is 314 g/mol. The first-order valence-electron chi connectivity index (χ1n) is 8.38. The number of β-amino-alcohol motifs (C(OH)–C–C–N with tert-alkyl or cyclic N) is 1. The quantitative estimate of drug-likeness (QED) is 0.571. The van der Waals surface area contributed by atoms with Crippen LogP contribution in [0.15, 0.2) is 0 Å². The monoisotopic (exact) mass is 345 g/mol.